The molecule has 0 fully saturated rings. The van der Waals surface area contributed by atoms with Gasteiger partial charge in [-0.15, -0.1) is 0 Å². The molecular weight excluding hydrogens is 368 g/mol. The number of methoxy groups -OCH3 is 1. The van der Waals surface area contributed by atoms with Crippen LogP contribution in [0.15, 0.2) is 53.4 Å². The molecular formula is C19H24N2O5S. The van der Waals surface area contributed by atoms with Crippen molar-refractivity contribution in [2.45, 2.75) is 18.2 Å². The van der Waals surface area contributed by atoms with Crippen LogP contribution >= 0.6 is 0 Å². The summed E-state index contributed by atoms with van der Waals surface area (Å²) in [4.78, 5) is 12.1. The predicted molar refractivity (Wildman–Crippen MR) is 104 cm³/mol. The van der Waals surface area contributed by atoms with Crippen LogP contribution in [0.3, 0.4) is 0 Å². The maximum Gasteiger partial charge on any atom is 0.261 e. The van der Waals surface area contributed by atoms with Crippen molar-refractivity contribution in [3.05, 3.63) is 54.1 Å². The van der Waals surface area contributed by atoms with E-state index < -0.39 is 10.0 Å². The van der Waals surface area contributed by atoms with E-state index >= 15 is 0 Å². The molecule has 7 nitrogen and oxygen atoms in total. The van der Waals surface area contributed by atoms with E-state index in [-0.39, 0.29) is 10.8 Å². The second-order valence-corrected chi connectivity index (χ2v) is 7.35. The molecule has 8 heteroatoms. The van der Waals surface area contributed by atoms with E-state index in [9.17, 15) is 13.2 Å². The number of ether oxygens (including phenoxy) is 2. The van der Waals surface area contributed by atoms with Gasteiger partial charge >= 0.3 is 0 Å². The van der Waals surface area contributed by atoms with Gasteiger partial charge in [0.25, 0.3) is 15.9 Å². The highest BCUT2D eigenvalue weighted by atomic mass is 32.2. The highest BCUT2D eigenvalue weighted by molar-refractivity contribution is 7.92. The number of sulfonamides is 1. The molecule has 2 aromatic carbocycles. The quantitative estimate of drug-likeness (QED) is 0.606. The number of carbonyl (C=O) groups is 1. The molecule has 0 saturated heterocycles. The van der Waals surface area contributed by atoms with Crippen LogP contribution in [0.5, 0.6) is 5.75 Å². The second kappa shape index (κ2) is 9.94. The molecule has 2 aromatic rings. The summed E-state index contributed by atoms with van der Waals surface area (Å²) in [6.07, 6.45) is 0.720. The van der Waals surface area contributed by atoms with Gasteiger partial charge in [0.2, 0.25) is 0 Å². The summed E-state index contributed by atoms with van der Waals surface area (Å²) in [5.41, 5.74) is 0.821. The first-order valence-electron chi connectivity index (χ1n) is 8.59. The monoisotopic (exact) mass is 392 g/mol. The highest BCUT2D eigenvalue weighted by Gasteiger charge is 2.15. The Labute approximate surface area is 159 Å². The molecule has 0 atom stereocenters. The number of anilines is 1. The molecule has 0 radical (unpaired) electrons. The van der Waals surface area contributed by atoms with Crippen LogP contribution in [0, 0.1) is 0 Å². The molecule has 2 N–H and O–H groups in total. The topological polar surface area (TPSA) is 93.7 Å². The van der Waals surface area contributed by atoms with Crippen molar-refractivity contribution in [3.63, 3.8) is 0 Å². The summed E-state index contributed by atoms with van der Waals surface area (Å²) in [5, 5.41) is 2.77. The molecule has 0 heterocycles. The summed E-state index contributed by atoms with van der Waals surface area (Å²) in [6.45, 7) is 3.65. The van der Waals surface area contributed by atoms with Crippen LogP contribution in [0.2, 0.25) is 0 Å². The van der Waals surface area contributed by atoms with Gasteiger partial charge in [-0.05, 0) is 61.9 Å². The van der Waals surface area contributed by atoms with Gasteiger partial charge in [0.1, 0.15) is 5.75 Å². The van der Waals surface area contributed by atoms with E-state index in [1.807, 2.05) is 6.92 Å². The Kier molecular flexibility index (Phi) is 7.63. The second-order valence-electron chi connectivity index (χ2n) is 5.66. The minimum absolute atomic E-state index is 0.0752. The number of hydrogen-bond acceptors (Lipinski definition) is 5. The van der Waals surface area contributed by atoms with Crippen molar-refractivity contribution in [1.29, 1.82) is 0 Å². The van der Waals surface area contributed by atoms with Crippen LogP contribution in [0.4, 0.5) is 5.69 Å². The summed E-state index contributed by atoms with van der Waals surface area (Å²) >= 11 is 0. The smallest absolute Gasteiger partial charge is 0.261 e. The molecule has 0 bridgehead atoms. The predicted octanol–water partition coefficient (Wildman–Crippen LogP) is 2.65. The molecule has 0 aliphatic carbocycles. The number of carbonyl (C=O) groups excluding carboxylic acids is 1. The Hall–Kier alpha value is -2.58. The van der Waals surface area contributed by atoms with Crippen molar-refractivity contribution in [1.82, 2.24) is 5.32 Å². The third-order valence-electron chi connectivity index (χ3n) is 3.72. The zero-order valence-electron chi connectivity index (χ0n) is 15.4. The summed E-state index contributed by atoms with van der Waals surface area (Å²) in [7, 11) is -2.20. The Morgan fingerprint density at radius 1 is 1.04 bits per heavy atom. The summed E-state index contributed by atoms with van der Waals surface area (Å²) in [5.74, 6) is 0.383. The van der Waals surface area contributed by atoms with E-state index in [0.717, 1.165) is 6.42 Å². The number of benzene rings is 2. The number of amides is 1. The maximum absolute atomic E-state index is 12.5. The molecule has 0 aliphatic heterocycles. The SMILES string of the molecule is CCOCCCNC(=O)c1ccc(S(=O)(=O)Nc2ccc(OC)cc2)cc1. The molecule has 0 unspecified atom stereocenters. The fourth-order valence-electron chi connectivity index (χ4n) is 2.28. The third kappa shape index (κ3) is 6.26. The standard InChI is InChI=1S/C19H24N2O5S/c1-3-26-14-4-13-20-19(22)15-5-11-18(12-6-15)27(23,24)21-16-7-9-17(25-2)10-8-16/h5-12,21H,3-4,13-14H2,1-2H3,(H,20,22). The minimum atomic E-state index is -3.74. The van der Waals surface area contributed by atoms with E-state index in [4.69, 9.17) is 9.47 Å². The highest BCUT2D eigenvalue weighted by Crippen LogP contribution is 2.19. The van der Waals surface area contributed by atoms with Crippen molar-refractivity contribution in [2.75, 3.05) is 31.6 Å². The first-order valence-corrected chi connectivity index (χ1v) is 10.1. The number of hydrogen-bond donors (Lipinski definition) is 2. The molecule has 0 aliphatic rings. The number of rotatable bonds is 10. The van der Waals surface area contributed by atoms with Crippen LogP contribution < -0.4 is 14.8 Å². The molecule has 2 rings (SSSR count). The first-order chi connectivity index (χ1) is 13.0. The normalized spacial score (nSPS) is 11.0. The van der Waals surface area contributed by atoms with Crippen LogP contribution in [-0.4, -0.2) is 41.2 Å². The Morgan fingerprint density at radius 3 is 2.30 bits per heavy atom. The largest absolute Gasteiger partial charge is 0.497 e. The van der Waals surface area contributed by atoms with Gasteiger partial charge in [-0.3, -0.25) is 9.52 Å². The average Bonchev–Trinajstić information content (AvgIpc) is 2.68. The van der Waals surface area contributed by atoms with Gasteiger partial charge in [0, 0.05) is 31.0 Å². The van der Waals surface area contributed by atoms with Crippen LogP contribution in [-0.2, 0) is 14.8 Å². The maximum atomic E-state index is 12.5. The Morgan fingerprint density at radius 2 is 1.70 bits per heavy atom. The van der Waals surface area contributed by atoms with Crippen molar-refractivity contribution < 1.29 is 22.7 Å². The minimum Gasteiger partial charge on any atom is -0.497 e. The van der Waals surface area contributed by atoms with Crippen molar-refractivity contribution in [2.24, 2.45) is 0 Å². The fraction of sp³-hybridized carbons (Fsp3) is 0.316. The van der Waals surface area contributed by atoms with E-state index in [0.29, 0.717) is 36.8 Å². The zero-order valence-corrected chi connectivity index (χ0v) is 16.2. The van der Waals surface area contributed by atoms with Gasteiger partial charge in [0.05, 0.1) is 12.0 Å². The fourth-order valence-corrected chi connectivity index (χ4v) is 3.34. The lowest BCUT2D eigenvalue weighted by Gasteiger charge is -2.10. The van der Waals surface area contributed by atoms with Gasteiger partial charge in [0.15, 0.2) is 0 Å². The van der Waals surface area contributed by atoms with Gasteiger partial charge in [-0.2, -0.15) is 0 Å². The van der Waals surface area contributed by atoms with E-state index in [1.54, 1.807) is 24.3 Å². The molecule has 0 spiro atoms. The van der Waals surface area contributed by atoms with Crippen LogP contribution in [0.1, 0.15) is 23.7 Å². The lowest BCUT2D eigenvalue weighted by Crippen LogP contribution is -2.25. The van der Waals surface area contributed by atoms with E-state index in [1.165, 1.54) is 31.4 Å². The molecule has 27 heavy (non-hydrogen) atoms. The zero-order chi connectivity index (χ0) is 19.7. The molecule has 0 aromatic heterocycles. The Bertz CT molecular complexity index is 833. The van der Waals surface area contributed by atoms with Gasteiger partial charge in [-0.1, -0.05) is 0 Å². The Balaban J connectivity index is 1.96. The lowest BCUT2D eigenvalue weighted by atomic mass is 10.2. The van der Waals surface area contributed by atoms with Crippen molar-refractivity contribution in [3.8, 4) is 5.75 Å². The third-order valence-corrected chi connectivity index (χ3v) is 5.12. The summed E-state index contributed by atoms with van der Waals surface area (Å²) in [6, 6.07) is 12.3. The van der Waals surface area contributed by atoms with Crippen LogP contribution in [0.25, 0.3) is 0 Å². The lowest BCUT2D eigenvalue weighted by molar-refractivity contribution is 0.0944. The van der Waals surface area contributed by atoms with Crippen molar-refractivity contribution >= 4 is 21.6 Å². The molecule has 0 saturated carbocycles. The van der Waals surface area contributed by atoms with E-state index in [2.05, 4.69) is 10.0 Å². The van der Waals surface area contributed by atoms with Gasteiger partial charge < -0.3 is 14.8 Å². The average molecular weight is 392 g/mol. The molecule has 1 amide bonds. The molecule has 146 valence electrons. The van der Waals surface area contributed by atoms with Gasteiger partial charge in [-0.25, -0.2) is 8.42 Å². The number of nitrogens with one attached hydrogen (secondary N) is 2. The summed E-state index contributed by atoms with van der Waals surface area (Å²) < 4.78 is 37.6. The first kappa shape index (κ1) is 20.7.